The zero-order valence-electron chi connectivity index (χ0n) is 33.1. The molecular formula is C56H37N3O. The lowest BCUT2D eigenvalue weighted by molar-refractivity contribution is 0.631. The van der Waals surface area contributed by atoms with E-state index in [1.165, 1.54) is 59.9 Å². The zero-order valence-corrected chi connectivity index (χ0v) is 33.1. The number of hydrogen-bond donors (Lipinski definition) is 0. The van der Waals surface area contributed by atoms with Crippen LogP contribution in [0.3, 0.4) is 0 Å². The predicted octanol–water partition coefficient (Wildman–Crippen LogP) is 15.3. The molecule has 0 aliphatic carbocycles. The summed E-state index contributed by atoms with van der Waals surface area (Å²) in [5, 5.41) is 12.2. The van der Waals surface area contributed by atoms with E-state index in [1.807, 2.05) is 0 Å². The van der Waals surface area contributed by atoms with Crippen LogP contribution in [0.5, 0.6) is 0 Å². The van der Waals surface area contributed by atoms with Gasteiger partial charge in [-0.2, -0.15) is 0 Å². The minimum absolute atomic E-state index is 0.303. The summed E-state index contributed by atoms with van der Waals surface area (Å²) in [6.07, 6.45) is 0. The van der Waals surface area contributed by atoms with Gasteiger partial charge in [-0.15, -0.1) is 0 Å². The third-order valence-corrected chi connectivity index (χ3v) is 13.1. The van der Waals surface area contributed by atoms with Gasteiger partial charge in [-0.25, -0.2) is 4.98 Å². The Morgan fingerprint density at radius 1 is 0.433 bits per heavy atom. The van der Waals surface area contributed by atoms with Crippen molar-refractivity contribution < 1.29 is 4.42 Å². The molecule has 1 aliphatic heterocycles. The van der Waals surface area contributed by atoms with E-state index in [2.05, 4.69) is 211 Å². The Morgan fingerprint density at radius 3 is 1.70 bits per heavy atom. The van der Waals surface area contributed by atoms with Crippen molar-refractivity contribution in [2.24, 2.45) is 0 Å². The molecule has 2 aromatic heterocycles. The van der Waals surface area contributed by atoms with E-state index in [0.717, 1.165) is 61.4 Å². The molecule has 0 saturated carbocycles. The van der Waals surface area contributed by atoms with Gasteiger partial charge >= 0.3 is 0 Å². The van der Waals surface area contributed by atoms with Gasteiger partial charge < -0.3 is 9.32 Å². The number of nitrogens with zero attached hydrogens (tertiary/aromatic N) is 3. The van der Waals surface area contributed by atoms with E-state index < -0.39 is 0 Å². The third-order valence-electron chi connectivity index (χ3n) is 13.1. The fraction of sp³-hybridized carbons (Fsp3) is 0.0536. The molecule has 4 nitrogen and oxygen atoms in total. The van der Waals surface area contributed by atoms with Crippen LogP contribution in [-0.4, -0.2) is 9.55 Å². The van der Waals surface area contributed by atoms with Crippen LogP contribution in [0.25, 0.3) is 93.1 Å². The Hall–Kier alpha value is -7.69. The molecule has 12 aromatic rings. The summed E-state index contributed by atoms with van der Waals surface area (Å²) < 4.78 is 9.20. The van der Waals surface area contributed by atoms with E-state index >= 15 is 0 Å². The van der Waals surface area contributed by atoms with E-state index in [9.17, 15) is 0 Å². The molecule has 0 bridgehead atoms. The van der Waals surface area contributed by atoms with Gasteiger partial charge in [0.1, 0.15) is 17.0 Å². The largest absolute Gasteiger partial charge is 0.456 e. The molecule has 0 atom stereocenters. The summed E-state index contributed by atoms with van der Waals surface area (Å²) in [6.45, 7) is 4.75. The number of fused-ring (bicyclic) bond motifs is 13. The Kier molecular flexibility index (Phi) is 6.75. The molecule has 0 fully saturated rings. The number of para-hydroxylation sites is 2. The Bertz CT molecular complexity index is 3740. The molecule has 282 valence electrons. The average Bonchev–Trinajstić information content (AvgIpc) is 3.86. The van der Waals surface area contributed by atoms with Crippen molar-refractivity contribution in [1.82, 2.24) is 9.55 Å². The predicted molar refractivity (Wildman–Crippen MR) is 251 cm³/mol. The van der Waals surface area contributed by atoms with Gasteiger partial charge in [-0.3, -0.25) is 4.57 Å². The molecule has 1 aliphatic rings. The second-order valence-corrected chi connectivity index (χ2v) is 16.8. The minimum Gasteiger partial charge on any atom is -0.456 e. The van der Waals surface area contributed by atoms with Gasteiger partial charge in [-0.1, -0.05) is 129 Å². The number of hydrogen-bond acceptors (Lipinski definition) is 3. The van der Waals surface area contributed by atoms with E-state index in [0.29, 0.717) is 0 Å². The van der Waals surface area contributed by atoms with Crippen LogP contribution >= 0.6 is 0 Å². The Labute approximate surface area is 346 Å². The number of furan rings is 1. The van der Waals surface area contributed by atoms with Crippen LogP contribution < -0.4 is 4.90 Å². The summed E-state index contributed by atoms with van der Waals surface area (Å²) in [4.78, 5) is 7.56. The highest BCUT2D eigenvalue weighted by molar-refractivity contribution is 6.28. The molecule has 10 aromatic carbocycles. The molecular weight excluding hydrogens is 731 g/mol. The SMILES string of the molecule is CC1(C)c2cc3ccccc3cc2N(c2ccc(-n3c(-c4ccccc4)nc4ccccc43)cc2)c2cc3oc4cc5c6ccccc6c6ccccc6c5cc4c3cc21. The van der Waals surface area contributed by atoms with Gasteiger partial charge in [0.2, 0.25) is 0 Å². The molecule has 13 rings (SSSR count). The highest BCUT2D eigenvalue weighted by atomic mass is 16.3. The average molecular weight is 768 g/mol. The second-order valence-electron chi connectivity index (χ2n) is 16.8. The van der Waals surface area contributed by atoms with Crippen LogP contribution in [-0.2, 0) is 5.41 Å². The number of imidazole rings is 1. The highest BCUT2D eigenvalue weighted by Gasteiger charge is 2.38. The first-order chi connectivity index (χ1) is 29.5. The van der Waals surface area contributed by atoms with Gasteiger partial charge in [0.05, 0.1) is 22.4 Å². The summed E-state index contributed by atoms with van der Waals surface area (Å²) in [5.74, 6) is 0.923. The van der Waals surface area contributed by atoms with Crippen molar-refractivity contribution >= 4 is 93.1 Å². The number of anilines is 3. The standard InChI is InChI=1S/C56H37N3O/c1-56(2)47-28-35-16-6-7-17-36(35)29-51(47)58(37-24-26-38(27-25-37)59-50-23-13-12-22-49(50)57-55(59)34-14-4-3-5-15-34)52-33-54-46(31-48(52)56)45-30-43-41-20-10-8-18-39(41)40-19-9-11-21-42(40)44(43)32-53(45)60-54/h3-33H,1-2H3. The normalized spacial score (nSPS) is 13.6. The van der Waals surface area contributed by atoms with Crippen LogP contribution in [0, 0.1) is 0 Å². The maximum absolute atomic E-state index is 6.93. The maximum atomic E-state index is 6.93. The first-order valence-corrected chi connectivity index (χ1v) is 20.7. The third kappa shape index (κ3) is 4.64. The maximum Gasteiger partial charge on any atom is 0.145 e. The molecule has 0 N–H and O–H groups in total. The molecule has 0 radical (unpaired) electrons. The molecule has 60 heavy (non-hydrogen) atoms. The van der Waals surface area contributed by atoms with E-state index in [4.69, 9.17) is 9.40 Å². The minimum atomic E-state index is -0.303. The number of aromatic nitrogens is 2. The lowest BCUT2D eigenvalue weighted by Crippen LogP contribution is -2.30. The smallest absolute Gasteiger partial charge is 0.145 e. The molecule has 0 unspecified atom stereocenters. The van der Waals surface area contributed by atoms with Crippen molar-refractivity contribution in [3.05, 3.63) is 199 Å². The van der Waals surface area contributed by atoms with Crippen LogP contribution in [0.1, 0.15) is 25.0 Å². The Morgan fingerprint density at radius 2 is 0.967 bits per heavy atom. The van der Waals surface area contributed by atoms with Gasteiger partial charge in [0, 0.05) is 39.2 Å². The van der Waals surface area contributed by atoms with Crippen molar-refractivity contribution in [1.29, 1.82) is 0 Å². The summed E-state index contributed by atoms with van der Waals surface area (Å²) in [5.41, 5.74) is 11.6. The molecule has 4 heteroatoms. The lowest BCUT2D eigenvalue weighted by atomic mass is 9.72. The van der Waals surface area contributed by atoms with Crippen molar-refractivity contribution in [2.45, 2.75) is 19.3 Å². The fourth-order valence-electron chi connectivity index (χ4n) is 10.2. The van der Waals surface area contributed by atoms with Crippen molar-refractivity contribution in [2.75, 3.05) is 4.90 Å². The first kappa shape index (κ1) is 33.3. The summed E-state index contributed by atoms with van der Waals surface area (Å²) in [6, 6.07) is 68.2. The van der Waals surface area contributed by atoms with Gasteiger partial charge in [0.15, 0.2) is 0 Å². The second kappa shape index (κ2) is 12.2. The van der Waals surface area contributed by atoms with E-state index in [-0.39, 0.29) is 5.41 Å². The summed E-state index contributed by atoms with van der Waals surface area (Å²) in [7, 11) is 0. The van der Waals surface area contributed by atoms with E-state index in [1.54, 1.807) is 0 Å². The molecule has 3 heterocycles. The number of rotatable bonds is 3. The monoisotopic (exact) mass is 767 g/mol. The fourth-order valence-corrected chi connectivity index (χ4v) is 10.2. The molecule has 0 spiro atoms. The summed E-state index contributed by atoms with van der Waals surface area (Å²) >= 11 is 0. The quantitative estimate of drug-likeness (QED) is 0.168. The number of benzene rings is 10. The zero-order chi connectivity index (χ0) is 39.7. The van der Waals surface area contributed by atoms with Crippen LogP contribution in [0.2, 0.25) is 0 Å². The van der Waals surface area contributed by atoms with Crippen molar-refractivity contribution in [3.63, 3.8) is 0 Å². The lowest BCUT2D eigenvalue weighted by Gasteiger charge is -2.42. The molecule has 0 amide bonds. The first-order valence-electron chi connectivity index (χ1n) is 20.7. The topological polar surface area (TPSA) is 34.2 Å². The van der Waals surface area contributed by atoms with Crippen LogP contribution in [0.4, 0.5) is 17.1 Å². The van der Waals surface area contributed by atoms with Gasteiger partial charge in [0.25, 0.3) is 0 Å². The van der Waals surface area contributed by atoms with Crippen molar-refractivity contribution in [3.8, 4) is 17.1 Å². The van der Waals surface area contributed by atoms with Crippen LogP contribution in [0.15, 0.2) is 192 Å². The Balaban J connectivity index is 1.05. The van der Waals surface area contributed by atoms with Gasteiger partial charge in [-0.05, 0) is 121 Å². The highest BCUT2D eigenvalue weighted by Crippen LogP contribution is 2.55. The molecule has 0 saturated heterocycles.